The molecule has 106 valence electrons. The van der Waals surface area contributed by atoms with Crippen LogP contribution in [-0.2, 0) is 11.2 Å². The van der Waals surface area contributed by atoms with Gasteiger partial charge in [-0.2, -0.15) is 0 Å². The number of benzene rings is 1. The zero-order valence-corrected chi connectivity index (χ0v) is 12.1. The highest BCUT2D eigenvalue weighted by atomic mass is 16.3. The number of ketones is 1. The van der Waals surface area contributed by atoms with Gasteiger partial charge < -0.3 is 10.4 Å². The molecule has 2 N–H and O–H groups in total. The highest BCUT2D eigenvalue weighted by Gasteiger charge is 2.13. The van der Waals surface area contributed by atoms with Crippen molar-refractivity contribution in [2.45, 2.75) is 46.1 Å². The van der Waals surface area contributed by atoms with Crippen LogP contribution >= 0.6 is 0 Å². The molecule has 0 saturated carbocycles. The fraction of sp³-hybridized carbons (Fsp3) is 0.562. The summed E-state index contributed by atoms with van der Waals surface area (Å²) < 4.78 is 0. The summed E-state index contributed by atoms with van der Waals surface area (Å²) >= 11 is 0. The number of hydrogen-bond donors (Lipinski definition) is 2. The van der Waals surface area contributed by atoms with Crippen LogP contribution in [0.1, 0.15) is 39.2 Å². The first-order valence-electron chi connectivity index (χ1n) is 7.00. The Morgan fingerprint density at radius 3 is 2.42 bits per heavy atom. The molecule has 19 heavy (non-hydrogen) atoms. The summed E-state index contributed by atoms with van der Waals surface area (Å²) in [6.45, 7) is 6.92. The molecule has 0 aromatic heterocycles. The molecule has 0 radical (unpaired) electrons. The van der Waals surface area contributed by atoms with Gasteiger partial charge in [0.1, 0.15) is 11.5 Å². The molecule has 1 atom stereocenters. The van der Waals surface area contributed by atoms with E-state index in [9.17, 15) is 9.90 Å². The molecule has 0 saturated heterocycles. The van der Waals surface area contributed by atoms with Gasteiger partial charge in [-0.15, -0.1) is 0 Å². The Morgan fingerprint density at radius 1 is 1.26 bits per heavy atom. The van der Waals surface area contributed by atoms with Gasteiger partial charge in [0.05, 0.1) is 6.04 Å². The average Bonchev–Trinajstić information content (AvgIpc) is 2.35. The smallest absolute Gasteiger partial charge is 0.147 e. The summed E-state index contributed by atoms with van der Waals surface area (Å²) in [6, 6.07) is 6.91. The molecular weight excluding hydrogens is 238 g/mol. The first-order chi connectivity index (χ1) is 8.99. The van der Waals surface area contributed by atoms with Gasteiger partial charge >= 0.3 is 0 Å². The molecule has 0 bridgehead atoms. The third kappa shape index (κ3) is 6.39. The van der Waals surface area contributed by atoms with Crippen molar-refractivity contribution in [2.24, 2.45) is 5.92 Å². The van der Waals surface area contributed by atoms with Gasteiger partial charge in [0.2, 0.25) is 0 Å². The van der Waals surface area contributed by atoms with E-state index in [1.165, 1.54) is 6.42 Å². The van der Waals surface area contributed by atoms with Crippen LogP contribution in [0.2, 0.25) is 0 Å². The fourth-order valence-corrected chi connectivity index (χ4v) is 2.01. The Labute approximate surface area is 116 Å². The van der Waals surface area contributed by atoms with Crippen LogP contribution in [0.25, 0.3) is 0 Å². The summed E-state index contributed by atoms with van der Waals surface area (Å²) in [6.07, 6.45) is 2.95. The summed E-state index contributed by atoms with van der Waals surface area (Å²) in [5.74, 6) is 1.13. The molecule has 3 heteroatoms. The molecule has 1 aromatic rings. The van der Waals surface area contributed by atoms with Crippen LogP contribution in [0.5, 0.6) is 5.75 Å². The van der Waals surface area contributed by atoms with Crippen molar-refractivity contribution in [2.75, 3.05) is 6.54 Å². The molecule has 1 rings (SSSR count). The first kappa shape index (κ1) is 15.7. The number of nitrogens with one attached hydrogen (secondary N) is 1. The maximum absolute atomic E-state index is 11.6. The minimum atomic E-state index is -0.128. The maximum Gasteiger partial charge on any atom is 0.147 e. The Morgan fingerprint density at radius 2 is 1.89 bits per heavy atom. The average molecular weight is 263 g/mol. The van der Waals surface area contributed by atoms with Crippen molar-refractivity contribution in [1.29, 1.82) is 0 Å². The summed E-state index contributed by atoms with van der Waals surface area (Å²) in [7, 11) is 0. The highest BCUT2D eigenvalue weighted by molar-refractivity contribution is 5.81. The minimum Gasteiger partial charge on any atom is -0.508 e. The van der Waals surface area contributed by atoms with E-state index in [1.54, 1.807) is 19.1 Å². The van der Waals surface area contributed by atoms with E-state index in [-0.39, 0.29) is 17.6 Å². The van der Waals surface area contributed by atoms with Crippen molar-refractivity contribution in [3.05, 3.63) is 29.8 Å². The summed E-state index contributed by atoms with van der Waals surface area (Å²) in [5.41, 5.74) is 1.06. The third-order valence-electron chi connectivity index (χ3n) is 3.22. The van der Waals surface area contributed by atoms with Gasteiger partial charge in [-0.3, -0.25) is 4.79 Å². The third-order valence-corrected chi connectivity index (χ3v) is 3.22. The number of carbonyl (C=O) groups excluding carboxylic acids is 1. The van der Waals surface area contributed by atoms with E-state index in [4.69, 9.17) is 0 Å². The van der Waals surface area contributed by atoms with Gasteiger partial charge in [-0.25, -0.2) is 0 Å². The lowest BCUT2D eigenvalue weighted by Gasteiger charge is -2.16. The summed E-state index contributed by atoms with van der Waals surface area (Å²) in [5, 5.41) is 12.6. The molecule has 0 aliphatic heterocycles. The Hall–Kier alpha value is -1.35. The molecule has 0 amide bonds. The van der Waals surface area contributed by atoms with Crippen molar-refractivity contribution >= 4 is 5.78 Å². The predicted molar refractivity (Wildman–Crippen MR) is 78.4 cm³/mol. The monoisotopic (exact) mass is 263 g/mol. The van der Waals surface area contributed by atoms with E-state index in [0.29, 0.717) is 12.3 Å². The molecule has 0 aliphatic rings. The lowest BCUT2D eigenvalue weighted by molar-refractivity contribution is -0.118. The topological polar surface area (TPSA) is 49.3 Å². The number of carbonyl (C=O) groups is 1. The van der Waals surface area contributed by atoms with Crippen LogP contribution in [0.3, 0.4) is 0 Å². The van der Waals surface area contributed by atoms with Crippen molar-refractivity contribution in [3.63, 3.8) is 0 Å². The second-order valence-electron chi connectivity index (χ2n) is 5.52. The first-order valence-corrected chi connectivity index (χ1v) is 7.00. The molecule has 0 unspecified atom stereocenters. The van der Waals surface area contributed by atoms with Crippen LogP contribution < -0.4 is 5.32 Å². The van der Waals surface area contributed by atoms with E-state index >= 15 is 0 Å². The fourth-order valence-electron chi connectivity index (χ4n) is 2.01. The lowest BCUT2D eigenvalue weighted by atomic mass is 10.0. The Balaban J connectivity index is 2.44. The van der Waals surface area contributed by atoms with Crippen molar-refractivity contribution in [3.8, 4) is 5.75 Å². The zero-order valence-electron chi connectivity index (χ0n) is 12.1. The summed E-state index contributed by atoms with van der Waals surface area (Å²) in [4.78, 5) is 11.6. The van der Waals surface area contributed by atoms with Gasteiger partial charge in [-0.05, 0) is 56.3 Å². The second kappa shape index (κ2) is 7.95. The molecule has 1 aromatic carbocycles. The van der Waals surface area contributed by atoms with E-state index < -0.39 is 0 Å². The van der Waals surface area contributed by atoms with Gasteiger partial charge in [0.25, 0.3) is 0 Å². The van der Waals surface area contributed by atoms with Crippen molar-refractivity contribution in [1.82, 2.24) is 5.32 Å². The highest BCUT2D eigenvalue weighted by Crippen LogP contribution is 2.12. The van der Waals surface area contributed by atoms with Gasteiger partial charge in [0.15, 0.2) is 0 Å². The second-order valence-corrected chi connectivity index (χ2v) is 5.52. The quantitative estimate of drug-likeness (QED) is 0.709. The SMILES string of the molecule is CC(=O)[C@H](Cc1ccc(O)cc1)NCCCC(C)C. The lowest BCUT2D eigenvalue weighted by Crippen LogP contribution is -2.37. The predicted octanol–water partition coefficient (Wildman–Crippen LogP) is 2.92. The number of hydrogen-bond acceptors (Lipinski definition) is 3. The minimum absolute atomic E-state index is 0.128. The molecular formula is C16H25NO2. The van der Waals surface area contributed by atoms with E-state index in [2.05, 4.69) is 19.2 Å². The van der Waals surface area contributed by atoms with Crippen LogP contribution in [0, 0.1) is 5.92 Å². The Kier molecular flexibility index (Phi) is 6.57. The van der Waals surface area contributed by atoms with Gasteiger partial charge in [-0.1, -0.05) is 26.0 Å². The molecule has 3 nitrogen and oxygen atoms in total. The number of Topliss-reactive ketones (excluding diaryl/α,β-unsaturated/α-hetero) is 1. The largest absolute Gasteiger partial charge is 0.508 e. The number of aromatic hydroxyl groups is 1. The van der Waals surface area contributed by atoms with E-state index in [1.807, 2.05) is 12.1 Å². The van der Waals surface area contributed by atoms with Crippen LogP contribution in [0.4, 0.5) is 0 Å². The van der Waals surface area contributed by atoms with Gasteiger partial charge in [0, 0.05) is 0 Å². The number of phenolic OH excluding ortho intramolecular Hbond substituents is 1. The zero-order chi connectivity index (χ0) is 14.3. The maximum atomic E-state index is 11.6. The Bertz CT molecular complexity index is 384. The van der Waals surface area contributed by atoms with Crippen LogP contribution in [-0.4, -0.2) is 23.5 Å². The number of phenols is 1. The molecule has 0 heterocycles. The number of rotatable bonds is 8. The van der Waals surface area contributed by atoms with Crippen molar-refractivity contribution < 1.29 is 9.90 Å². The normalized spacial score (nSPS) is 12.6. The molecule has 0 spiro atoms. The molecule has 0 fully saturated rings. The van der Waals surface area contributed by atoms with E-state index in [0.717, 1.165) is 18.5 Å². The molecule has 0 aliphatic carbocycles. The van der Waals surface area contributed by atoms with Crippen LogP contribution in [0.15, 0.2) is 24.3 Å². The standard InChI is InChI=1S/C16H25NO2/c1-12(2)5-4-10-17-16(13(3)18)11-14-6-8-15(19)9-7-14/h6-9,12,16-17,19H,4-5,10-11H2,1-3H3/t16-/m0/s1.